The van der Waals surface area contributed by atoms with E-state index >= 15 is 0 Å². The molecule has 1 aromatic carbocycles. The monoisotopic (exact) mass is 298 g/mol. The molecule has 6 nitrogen and oxygen atoms in total. The molecule has 0 aliphatic carbocycles. The molecule has 1 heterocycles. The molecule has 0 bridgehead atoms. The fourth-order valence-electron chi connectivity index (χ4n) is 1.97. The first kappa shape index (κ1) is 14.8. The highest BCUT2D eigenvalue weighted by molar-refractivity contribution is 7.89. The number of amides is 1. The van der Waals surface area contributed by atoms with E-state index in [1.54, 1.807) is 13.0 Å². The SMILES string of the molecule is CCCCNS(=O)(=O)c1cc2c(cc1C)NC(=O)CO2. The van der Waals surface area contributed by atoms with Crippen molar-refractivity contribution >= 4 is 21.6 Å². The van der Waals surface area contributed by atoms with Crippen LogP contribution in [-0.2, 0) is 14.8 Å². The molecule has 1 aliphatic rings. The minimum atomic E-state index is -3.55. The Labute approximate surface area is 118 Å². The Morgan fingerprint density at radius 2 is 2.15 bits per heavy atom. The second kappa shape index (κ2) is 5.80. The van der Waals surface area contributed by atoms with Gasteiger partial charge in [0.1, 0.15) is 5.75 Å². The maximum atomic E-state index is 12.2. The van der Waals surface area contributed by atoms with Crippen molar-refractivity contribution in [3.05, 3.63) is 17.7 Å². The van der Waals surface area contributed by atoms with Gasteiger partial charge in [-0.3, -0.25) is 4.79 Å². The highest BCUT2D eigenvalue weighted by atomic mass is 32.2. The number of hydrogen-bond acceptors (Lipinski definition) is 4. The highest BCUT2D eigenvalue weighted by Gasteiger charge is 2.23. The number of anilines is 1. The predicted molar refractivity (Wildman–Crippen MR) is 75.4 cm³/mol. The lowest BCUT2D eigenvalue weighted by atomic mass is 10.2. The van der Waals surface area contributed by atoms with E-state index in [2.05, 4.69) is 10.0 Å². The fourth-order valence-corrected chi connectivity index (χ4v) is 3.28. The molecule has 7 heteroatoms. The number of benzene rings is 1. The summed E-state index contributed by atoms with van der Waals surface area (Å²) >= 11 is 0. The third-order valence-electron chi connectivity index (χ3n) is 3.02. The van der Waals surface area contributed by atoms with Gasteiger partial charge in [0.25, 0.3) is 5.91 Å². The molecule has 0 radical (unpaired) electrons. The molecule has 1 amide bonds. The number of aryl methyl sites for hydroxylation is 1. The van der Waals surface area contributed by atoms with Crippen LogP contribution >= 0.6 is 0 Å². The zero-order chi connectivity index (χ0) is 14.8. The van der Waals surface area contributed by atoms with Crippen LogP contribution in [-0.4, -0.2) is 27.5 Å². The molecule has 0 aromatic heterocycles. The molecular weight excluding hydrogens is 280 g/mol. The summed E-state index contributed by atoms with van der Waals surface area (Å²) in [5, 5.41) is 2.65. The Hall–Kier alpha value is -1.60. The minimum absolute atomic E-state index is 0.0984. The summed E-state index contributed by atoms with van der Waals surface area (Å²) in [6.45, 7) is 4.00. The lowest BCUT2D eigenvalue weighted by Gasteiger charge is -2.20. The van der Waals surface area contributed by atoms with Crippen molar-refractivity contribution < 1.29 is 17.9 Å². The smallest absolute Gasteiger partial charge is 0.262 e. The van der Waals surface area contributed by atoms with Crippen LogP contribution in [0.4, 0.5) is 5.69 Å². The Bertz CT molecular complexity index is 626. The van der Waals surface area contributed by atoms with Crippen LogP contribution in [0.15, 0.2) is 17.0 Å². The average molecular weight is 298 g/mol. The van der Waals surface area contributed by atoms with E-state index < -0.39 is 10.0 Å². The summed E-state index contributed by atoms with van der Waals surface area (Å²) < 4.78 is 32.3. The summed E-state index contributed by atoms with van der Waals surface area (Å²) in [4.78, 5) is 11.4. The number of sulfonamides is 1. The van der Waals surface area contributed by atoms with Crippen molar-refractivity contribution in [1.29, 1.82) is 0 Å². The number of carbonyl (C=O) groups is 1. The Balaban J connectivity index is 2.31. The van der Waals surface area contributed by atoms with Gasteiger partial charge in [0.2, 0.25) is 10.0 Å². The van der Waals surface area contributed by atoms with E-state index in [1.165, 1.54) is 6.07 Å². The van der Waals surface area contributed by atoms with Gasteiger partial charge in [0.05, 0.1) is 10.6 Å². The number of fused-ring (bicyclic) bond motifs is 1. The van der Waals surface area contributed by atoms with Crippen LogP contribution in [0.1, 0.15) is 25.3 Å². The van der Waals surface area contributed by atoms with Crippen LogP contribution in [0, 0.1) is 6.92 Å². The van der Waals surface area contributed by atoms with Crippen LogP contribution in [0.25, 0.3) is 0 Å². The number of ether oxygens (including phenoxy) is 1. The molecule has 1 aliphatic heterocycles. The Morgan fingerprint density at radius 1 is 1.40 bits per heavy atom. The first-order valence-corrected chi connectivity index (χ1v) is 7.99. The molecule has 0 saturated heterocycles. The molecule has 0 atom stereocenters. The summed E-state index contributed by atoms with van der Waals surface area (Å²) in [6.07, 6.45) is 1.70. The number of carbonyl (C=O) groups excluding carboxylic acids is 1. The largest absolute Gasteiger partial charge is 0.482 e. The molecular formula is C13H18N2O4S. The van der Waals surface area contributed by atoms with E-state index in [-0.39, 0.29) is 17.4 Å². The van der Waals surface area contributed by atoms with Crippen molar-refractivity contribution in [2.75, 3.05) is 18.5 Å². The number of unbranched alkanes of at least 4 members (excludes halogenated alkanes) is 1. The van der Waals surface area contributed by atoms with Crippen molar-refractivity contribution in [2.45, 2.75) is 31.6 Å². The summed E-state index contributed by atoms with van der Waals surface area (Å²) in [5.74, 6) is 0.139. The van der Waals surface area contributed by atoms with Gasteiger partial charge in [-0.05, 0) is 25.0 Å². The normalized spacial score (nSPS) is 14.4. The van der Waals surface area contributed by atoms with E-state index in [9.17, 15) is 13.2 Å². The van der Waals surface area contributed by atoms with Gasteiger partial charge in [-0.2, -0.15) is 0 Å². The second-order valence-corrected chi connectivity index (χ2v) is 6.44. The van der Waals surface area contributed by atoms with Crippen molar-refractivity contribution in [1.82, 2.24) is 4.72 Å². The van der Waals surface area contributed by atoms with Gasteiger partial charge >= 0.3 is 0 Å². The maximum Gasteiger partial charge on any atom is 0.262 e. The topological polar surface area (TPSA) is 84.5 Å². The summed E-state index contributed by atoms with van der Waals surface area (Å²) in [7, 11) is -3.55. The van der Waals surface area contributed by atoms with Crippen LogP contribution in [0.5, 0.6) is 5.75 Å². The third kappa shape index (κ3) is 3.10. The quantitative estimate of drug-likeness (QED) is 0.805. The molecule has 1 aromatic rings. The summed E-state index contributed by atoms with van der Waals surface area (Å²) in [5.41, 5.74) is 1.07. The van der Waals surface area contributed by atoms with Crippen molar-refractivity contribution in [3.8, 4) is 5.75 Å². The van der Waals surface area contributed by atoms with E-state index in [4.69, 9.17) is 4.74 Å². The molecule has 110 valence electrons. The van der Waals surface area contributed by atoms with E-state index in [0.717, 1.165) is 12.8 Å². The van der Waals surface area contributed by atoms with Crippen LogP contribution in [0.2, 0.25) is 0 Å². The lowest BCUT2D eigenvalue weighted by Crippen LogP contribution is -2.28. The van der Waals surface area contributed by atoms with Crippen LogP contribution in [0.3, 0.4) is 0 Å². The average Bonchev–Trinajstić information content (AvgIpc) is 2.37. The second-order valence-electron chi connectivity index (χ2n) is 4.70. The Kier molecular flexibility index (Phi) is 4.29. The van der Waals surface area contributed by atoms with E-state index in [0.29, 0.717) is 23.5 Å². The molecule has 2 N–H and O–H groups in total. The van der Waals surface area contributed by atoms with Crippen molar-refractivity contribution in [2.24, 2.45) is 0 Å². The predicted octanol–water partition coefficient (Wildman–Crippen LogP) is 1.40. The standard InChI is InChI=1S/C13H18N2O4S/c1-3-4-5-14-20(17,18)12-7-11-10(6-9(12)2)15-13(16)8-19-11/h6-7,14H,3-5,8H2,1-2H3,(H,15,16). The third-order valence-corrected chi connectivity index (χ3v) is 4.62. The van der Waals surface area contributed by atoms with Crippen molar-refractivity contribution in [3.63, 3.8) is 0 Å². The lowest BCUT2D eigenvalue weighted by molar-refractivity contribution is -0.118. The van der Waals surface area contributed by atoms with Gasteiger partial charge in [-0.25, -0.2) is 13.1 Å². The highest BCUT2D eigenvalue weighted by Crippen LogP contribution is 2.32. The number of hydrogen-bond donors (Lipinski definition) is 2. The first-order chi connectivity index (χ1) is 9.44. The number of nitrogens with one attached hydrogen (secondary N) is 2. The molecule has 20 heavy (non-hydrogen) atoms. The number of rotatable bonds is 5. The molecule has 2 rings (SSSR count). The molecule has 0 unspecified atom stereocenters. The molecule has 0 saturated carbocycles. The summed E-state index contributed by atoms with van der Waals surface area (Å²) in [6, 6.07) is 3.07. The molecule has 0 fully saturated rings. The van der Waals surface area contributed by atoms with Crippen LogP contribution < -0.4 is 14.8 Å². The minimum Gasteiger partial charge on any atom is -0.482 e. The van der Waals surface area contributed by atoms with E-state index in [1.807, 2.05) is 6.92 Å². The van der Waals surface area contributed by atoms with Gasteiger partial charge in [-0.15, -0.1) is 0 Å². The zero-order valence-corrected chi connectivity index (χ0v) is 12.3. The zero-order valence-electron chi connectivity index (χ0n) is 11.5. The maximum absolute atomic E-state index is 12.2. The molecule has 0 spiro atoms. The first-order valence-electron chi connectivity index (χ1n) is 6.51. The van der Waals surface area contributed by atoms with Gasteiger partial charge in [0, 0.05) is 12.6 Å². The van der Waals surface area contributed by atoms with Gasteiger partial charge in [-0.1, -0.05) is 13.3 Å². The fraction of sp³-hybridized carbons (Fsp3) is 0.462. The van der Waals surface area contributed by atoms with Gasteiger partial charge in [0.15, 0.2) is 6.61 Å². The van der Waals surface area contributed by atoms with Gasteiger partial charge < -0.3 is 10.1 Å². The Morgan fingerprint density at radius 3 is 2.85 bits per heavy atom.